The van der Waals surface area contributed by atoms with Crippen LogP contribution in [0.15, 0.2) is 53.4 Å². The molecule has 1 amide bonds. The van der Waals surface area contributed by atoms with Gasteiger partial charge in [0.1, 0.15) is 5.75 Å². The molecule has 1 heterocycles. The molecule has 1 fully saturated rings. The molecule has 29 heavy (non-hydrogen) atoms. The number of rotatable bonds is 6. The van der Waals surface area contributed by atoms with Crippen molar-refractivity contribution in [2.45, 2.75) is 17.9 Å². The molecular formula is C21H27N3O4S. The highest BCUT2D eigenvalue weighted by atomic mass is 32.2. The van der Waals surface area contributed by atoms with Crippen molar-refractivity contribution in [3.63, 3.8) is 0 Å². The van der Waals surface area contributed by atoms with Crippen molar-refractivity contribution < 1.29 is 17.9 Å². The summed E-state index contributed by atoms with van der Waals surface area (Å²) in [6, 6.07) is 13.8. The van der Waals surface area contributed by atoms with E-state index in [1.807, 2.05) is 44.3 Å². The minimum atomic E-state index is -3.68. The molecule has 0 bridgehead atoms. The molecule has 1 N–H and O–H groups in total. The minimum absolute atomic E-state index is 0.0976. The van der Waals surface area contributed by atoms with Gasteiger partial charge in [-0.1, -0.05) is 30.3 Å². The standard InChI is InChI=1S/C21H27N3O4S/c1-16(17-7-5-4-6-8-17)22-21(25)19-15-18(9-10-20(19)28-3)29(26,27)24-13-11-23(2)12-14-24/h4-10,15-16H,11-14H2,1-3H3,(H,22,25)/t16-/m1/s1. The molecule has 7 nitrogen and oxygen atoms in total. The highest BCUT2D eigenvalue weighted by molar-refractivity contribution is 7.89. The molecule has 2 aromatic carbocycles. The molecule has 0 spiro atoms. The zero-order chi connectivity index (χ0) is 21.0. The molecule has 1 aliphatic rings. The molecule has 1 atom stereocenters. The van der Waals surface area contributed by atoms with Crippen LogP contribution in [0.5, 0.6) is 5.75 Å². The zero-order valence-electron chi connectivity index (χ0n) is 17.0. The molecule has 0 saturated carbocycles. The number of hydrogen-bond acceptors (Lipinski definition) is 5. The quantitative estimate of drug-likeness (QED) is 0.779. The normalized spacial score (nSPS) is 16.9. The third-order valence-corrected chi connectivity index (χ3v) is 7.06. The van der Waals surface area contributed by atoms with Crippen LogP contribution < -0.4 is 10.1 Å². The van der Waals surface area contributed by atoms with Crippen LogP contribution in [-0.2, 0) is 10.0 Å². The SMILES string of the molecule is COc1ccc(S(=O)(=O)N2CCN(C)CC2)cc1C(=O)N[C@H](C)c1ccccc1. The van der Waals surface area contributed by atoms with Crippen LogP contribution in [0.4, 0.5) is 0 Å². The fourth-order valence-corrected chi connectivity index (χ4v) is 4.75. The fourth-order valence-electron chi connectivity index (χ4n) is 3.30. The van der Waals surface area contributed by atoms with E-state index in [0.29, 0.717) is 31.9 Å². The zero-order valence-corrected chi connectivity index (χ0v) is 17.8. The Morgan fingerprint density at radius 3 is 2.34 bits per heavy atom. The Bertz CT molecular complexity index is 955. The molecule has 0 unspecified atom stereocenters. The summed E-state index contributed by atoms with van der Waals surface area (Å²) < 4.78 is 32.9. The monoisotopic (exact) mass is 417 g/mol. The summed E-state index contributed by atoms with van der Waals surface area (Å²) in [5.74, 6) is -0.0475. The van der Waals surface area contributed by atoms with Crippen LogP contribution in [0, 0.1) is 0 Å². The number of carbonyl (C=O) groups excluding carboxylic acids is 1. The van der Waals surface area contributed by atoms with Gasteiger partial charge in [0.15, 0.2) is 0 Å². The van der Waals surface area contributed by atoms with Gasteiger partial charge in [-0.05, 0) is 37.7 Å². The summed E-state index contributed by atoms with van der Waals surface area (Å²) in [7, 11) is -0.250. The highest BCUT2D eigenvalue weighted by Gasteiger charge is 2.29. The van der Waals surface area contributed by atoms with Gasteiger partial charge in [0, 0.05) is 26.2 Å². The Labute approximate surface area is 172 Å². The van der Waals surface area contributed by atoms with Crippen molar-refractivity contribution in [1.29, 1.82) is 0 Å². The number of carbonyl (C=O) groups is 1. The number of ether oxygens (including phenoxy) is 1. The first-order chi connectivity index (χ1) is 13.8. The third-order valence-electron chi connectivity index (χ3n) is 5.16. The minimum Gasteiger partial charge on any atom is -0.496 e. The maximum atomic E-state index is 13.0. The van der Waals surface area contributed by atoms with E-state index >= 15 is 0 Å². The lowest BCUT2D eigenvalue weighted by atomic mass is 10.1. The lowest BCUT2D eigenvalue weighted by molar-refractivity contribution is 0.0936. The van der Waals surface area contributed by atoms with Gasteiger partial charge in [0.05, 0.1) is 23.6 Å². The second-order valence-electron chi connectivity index (χ2n) is 7.18. The fraction of sp³-hybridized carbons (Fsp3) is 0.381. The van der Waals surface area contributed by atoms with E-state index in [2.05, 4.69) is 10.2 Å². The first-order valence-electron chi connectivity index (χ1n) is 9.55. The van der Waals surface area contributed by atoms with Gasteiger partial charge in [0.25, 0.3) is 5.91 Å². The lowest BCUT2D eigenvalue weighted by Crippen LogP contribution is -2.47. The second kappa shape index (κ2) is 8.94. The maximum Gasteiger partial charge on any atom is 0.255 e. The van der Waals surface area contributed by atoms with Crippen molar-refractivity contribution in [1.82, 2.24) is 14.5 Å². The number of piperazine rings is 1. The molecule has 0 aromatic heterocycles. The van der Waals surface area contributed by atoms with E-state index in [9.17, 15) is 13.2 Å². The number of amides is 1. The van der Waals surface area contributed by atoms with Crippen LogP contribution in [-0.4, -0.2) is 63.9 Å². The van der Waals surface area contributed by atoms with Crippen molar-refractivity contribution >= 4 is 15.9 Å². The Kier molecular flexibility index (Phi) is 6.56. The first kappa shape index (κ1) is 21.3. The molecule has 156 valence electrons. The number of sulfonamides is 1. The Morgan fingerprint density at radius 2 is 1.72 bits per heavy atom. The van der Waals surface area contributed by atoms with Crippen molar-refractivity contribution in [3.8, 4) is 5.75 Å². The van der Waals surface area contributed by atoms with Crippen molar-refractivity contribution in [3.05, 3.63) is 59.7 Å². The summed E-state index contributed by atoms with van der Waals surface area (Å²) in [6.07, 6.45) is 0. The topological polar surface area (TPSA) is 79.0 Å². The predicted molar refractivity (Wildman–Crippen MR) is 112 cm³/mol. The van der Waals surface area contributed by atoms with Crippen LogP contribution in [0.2, 0.25) is 0 Å². The molecule has 1 aliphatic heterocycles. The molecule has 3 rings (SSSR count). The smallest absolute Gasteiger partial charge is 0.255 e. The van der Waals surface area contributed by atoms with Crippen LogP contribution in [0.3, 0.4) is 0 Å². The van der Waals surface area contributed by atoms with Gasteiger partial charge < -0.3 is 15.0 Å². The summed E-state index contributed by atoms with van der Waals surface area (Å²) in [6.45, 7) is 4.09. The number of benzene rings is 2. The molecule has 1 saturated heterocycles. The number of likely N-dealkylation sites (N-methyl/N-ethyl adjacent to an activating group) is 1. The van der Waals surface area contributed by atoms with E-state index in [4.69, 9.17) is 4.74 Å². The number of hydrogen-bond donors (Lipinski definition) is 1. The van der Waals surface area contributed by atoms with Gasteiger partial charge in [-0.2, -0.15) is 4.31 Å². The maximum absolute atomic E-state index is 13.0. The van der Waals surface area contributed by atoms with Crippen LogP contribution in [0.25, 0.3) is 0 Å². The molecule has 2 aromatic rings. The Balaban J connectivity index is 1.86. The van der Waals surface area contributed by atoms with Gasteiger partial charge in [-0.25, -0.2) is 8.42 Å². The van der Waals surface area contributed by atoms with E-state index in [1.165, 1.54) is 29.6 Å². The molecule has 0 radical (unpaired) electrons. The predicted octanol–water partition coefficient (Wildman–Crippen LogP) is 2.12. The summed E-state index contributed by atoms with van der Waals surface area (Å²) in [5.41, 5.74) is 1.16. The third kappa shape index (κ3) is 4.77. The summed E-state index contributed by atoms with van der Waals surface area (Å²) in [4.78, 5) is 15.1. The number of methoxy groups -OCH3 is 1. The van der Waals surface area contributed by atoms with E-state index in [-0.39, 0.29) is 22.4 Å². The van der Waals surface area contributed by atoms with Gasteiger partial charge in [-0.15, -0.1) is 0 Å². The van der Waals surface area contributed by atoms with Crippen LogP contribution in [0.1, 0.15) is 28.9 Å². The Morgan fingerprint density at radius 1 is 1.07 bits per heavy atom. The van der Waals surface area contributed by atoms with E-state index < -0.39 is 10.0 Å². The summed E-state index contributed by atoms with van der Waals surface area (Å²) >= 11 is 0. The van der Waals surface area contributed by atoms with E-state index in [0.717, 1.165) is 5.56 Å². The van der Waals surface area contributed by atoms with Crippen LogP contribution >= 0.6 is 0 Å². The molecule has 8 heteroatoms. The van der Waals surface area contributed by atoms with Crippen molar-refractivity contribution in [2.75, 3.05) is 40.3 Å². The average Bonchev–Trinajstić information content (AvgIpc) is 2.74. The highest BCUT2D eigenvalue weighted by Crippen LogP contribution is 2.26. The van der Waals surface area contributed by atoms with E-state index in [1.54, 1.807) is 0 Å². The second-order valence-corrected chi connectivity index (χ2v) is 9.11. The largest absolute Gasteiger partial charge is 0.496 e. The molecule has 0 aliphatic carbocycles. The number of nitrogens with one attached hydrogen (secondary N) is 1. The van der Waals surface area contributed by atoms with Gasteiger partial charge >= 0.3 is 0 Å². The van der Waals surface area contributed by atoms with Gasteiger partial charge in [-0.3, -0.25) is 4.79 Å². The lowest BCUT2D eigenvalue weighted by Gasteiger charge is -2.31. The Hall–Kier alpha value is -2.42. The van der Waals surface area contributed by atoms with Gasteiger partial charge in [0.2, 0.25) is 10.0 Å². The summed E-state index contributed by atoms with van der Waals surface area (Å²) in [5, 5.41) is 2.92. The van der Waals surface area contributed by atoms with Crippen molar-refractivity contribution in [2.24, 2.45) is 0 Å². The molecular weight excluding hydrogens is 390 g/mol. The number of nitrogens with zero attached hydrogens (tertiary/aromatic N) is 2. The first-order valence-corrected chi connectivity index (χ1v) is 11.0. The average molecular weight is 418 g/mol.